The second-order valence-corrected chi connectivity index (χ2v) is 15.4. The first kappa shape index (κ1) is 36.4. The molecule has 2 amide bonds. The van der Waals surface area contributed by atoms with Crippen LogP contribution in [0.2, 0.25) is 0 Å². The number of aliphatic imine (C=N–C) groups is 1. The number of amidine groups is 1. The number of H-pyrrole nitrogens is 1. The van der Waals surface area contributed by atoms with Crippen molar-refractivity contribution in [3.63, 3.8) is 0 Å². The van der Waals surface area contributed by atoms with Crippen molar-refractivity contribution in [2.45, 2.75) is 90.1 Å². The molecule has 278 valence electrons. The molecule has 2 fully saturated rings. The molecule has 0 radical (unpaired) electrons. The number of nitrogens with zero attached hydrogens (tertiary/aromatic N) is 5. The molecule has 10 nitrogen and oxygen atoms in total. The molecule has 2 N–H and O–H groups in total. The zero-order valence-corrected chi connectivity index (χ0v) is 31.7. The normalized spacial score (nSPS) is 20.8. The van der Waals surface area contributed by atoms with Gasteiger partial charge in [-0.25, -0.2) is 9.78 Å². The Morgan fingerprint density at radius 2 is 1.47 bits per heavy atom. The Morgan fingerprint density at radius 1 is 0.849 bits per heavy atom. The van der Waals surface area contributed by atoms with Crippen molar-refractivity contribution >= 4 is 17.8 Å². The average Bonchev–Trinajstić information content (AvgIpc) is 4.00. The molecule has 0 aliphatic carbocycles. The number of likely N-dealkylation sites (N-methyl/N-ethyl adjacent to an activating group) is 1. The summed E-state index contributed by atoms with van der Waals surface area (Å²) < 4.78 is 5.66. The van der Waals surface area contributed by atoms with Gasteiger partial charge in [0.15, 0.2) is 0 Å². The number of carbonyl (C=O) groups excluding carboxylic acids is 2. The first-order chi connectivity index (χ1) is 25.6. The van der Waals surface area contributed by atoms with Gasteiger partial charge in [-0.3, -0.25) is 19.6 Å². The van der Waals surface area contributed by atoms with Gasteiger partial charge in [-0.1, -0.05) is 92.7 Å². The van der Waals surface area contributed by atoms with E-state index < -0.39 is 5.60 Å². The van der Waals surface area contributed by atoms with E-state index in [1.54, 1.807) is 0 Å². The number of benzene rings is 3. The van der Waals surface area contributed by atoms with Gasteiger partial charge in [0, 0.05) is 13.1 Å². The number of nitrogens with one attached hydrogen (secondary N) is 2. The topological polar surface area (TPSA) is 106 Å². The van der Waals surface area contributed by atoms with Crippen LogP contribution in [0.15, 0.2) is 90.1 Å². The highest BCUT2D eigenvalue weighted by Crippen LogP contribution is 2.36. The third-order valence-electron chi connectivity index (χ3n) is 10.8. The highest BCUT2D eigenvalue weighted by Gasteiger charge is 2.39. The molecule has 1 aromatic heterocycles. The Morgan fingerprint density at radius 3 is 2.13 bits per heavy atom. The molecule has 2 unspecified atom stereocenters. The molecule has 2 saturated heterocycles. The van der Waals surface area contributed by atoms with Gasteiger partial charge in [-0.05, 0) is 87.4 Å². The summed E-state index contributed by atoms with van der Waals surface area (Å²) in [5.41, 5.74) is 5.94. The fraction of sp³-hybridized carbons (Fsp3) is 0.442. The van der Waals surface area contributed by atoms with Gasteiger partial charge in [-0.2, -0.15) is 0 Å². The summed E-state index contributed by atoms with van der Waals surface area (Å²) in [4.78, 5) is 46.3. The number of imidazole rings is 1. The number of hydrogen-bond acceptors (Lipinski definition) is 7. The molecule has 4 aromatic rings. The summed E-state index contributed by atoms with van der Waals surface area (Å²) in [7, 11) is 0. The van der Waals surface area contributed by atoms with Crippen molar-refractivity contribution in [1.29, 1.82) is 0 Å². The van der Waals surface area contributed by atoms with E-state index in [0.717, 1.165) is 84.9 Å². The zero-order chi connectivity index (χ0) is 37.1. The molecule has 3 aliphatic rings. The maximum atomic E-state index is 14.2. The predicted octanol–water partition coefficient (Wildman–Crippen LogP) is 7.93. The van der Waals surface area contributed by atoms with Crippen LogP contribution in [0, 0.1) is 0 Å². The van der Waals surface area contributed by atoms with E-state index in [0.29, 0.717) is 13.1 Å². The van der Waals surface area contributed by atoms with E-state index in [4.69, 9.17) is 14.7 Å². The number of likely N-dealkylation sites (tertiary alicyclic amines) is 2. The highest BCUT2D eigenvalue weighted by atomic mass is 16.6. The first-order valence-corrected chi connectivity index (χ1v) is 19.3. The predicted molar refractivity (Wildman–Crippen MR) is 209 cm³/mol. The first-order valence-electron chi connectivity index (χ1n) is 19.3. The van der Waals surface area contributed by atoms with Gasteiger partial charge in [0.2, 0.25) is 5.91 Å². The van der Waals surface area contributed by atoms with Crippen LogP contribution in [0.1, 0.15) is 95.4 Å². The van der Waals surface area contributed by atoms with Crippen LogP contribution in [0.4, 0.5) is 4.79 Å². The van der Waals surface area contributed by atoms with E-state index in [-0.39, 0.29) is 36.2 Å². The van der Waals surface area contributed by atoms with Crippen molar-refractivity contribution in [3.05, 3.63) is 102 Å². The van der Waals surface area contributed by atoms with Crippen molar-refractivity contribution in [3.8, 4) is 22.4 Å². The third kappa shape index (κ3) is 7.88. The lowest BCUT2D eigenvalue weighted by molar-refractivity contribution is -0.138. The van der Waals surface area contributed by atoms with Crippen molar-refractivity contribution in [2.75, 3.05) is 32.7 Å². The van der Waals surface area contributed by atoms with Crippen LogP contribution in [-0.4, -0.2) is 86.9 Å². The van der Waals surface area contributed by atoms with Crippen molar-refractivity contribution in [2.24, 2.45) is 4.99 Å². The van der Waals surface area contributed by atoms with Gasteiger partial charge in [0.25, 0.3) is 0 Å². The minimum absolute atomic E-state index is 0.0669. The summed E-state index contributed by atoms with van der Waals surface area (Å²) in [5.74, 6) is 1.87. The van der Waals surface area contributed by atoms with Gasteiger partial charge in [-0.15, -0.1) is 0 Å². The second kappa shape index (κ2) is 15.6. The molecule has 4 atom stereocenters. The molecule has 3 aliphatic heterocycles. The Kier molecular flexibility index (Phi) is 10.7. The summed E-state index contributed by atoms with van der Waals surface area (Å²) in [6, 6.07) is 27.0. The molecule has 3 aromatic carbocycles. The molecule has 0 bridgehead atoms. The van der Waals surface area contributed by atoms with Crippen molar-refractivity contribution in [1.82, 2.24) is 30.0 Å². The number of aromatic amines is 1. The summed E-state index contributed by atoms with van der Waals surface area (Å²) in [6.45, 7) is 13.6. The number of rotatable bonds is 10. The van der Waals surface area contributed by atoms with Crippen LogP contribution >= 0.6 is 0 Å². The minimum atomic E-state index is -0.526. The fourth-order valence-electron chi connectivity index (χ4n) is 8.05. The summed E-state index contributed by atoms with van der Waals surface area (Å²) >= 11 is 0. The second-order valence-electron chi connectivity index (χ2n) is 15.4. The lowest BCUT2D eigenvalue weighted by atomic mass is 9.99. The molecular weight excluding hydrogens is 663 g/mol. The van der Waals surface area contributed by atoms with Gasteiger partial charge in [0.05, 0.1) is 36.6 Å². The third-order valence-corrected chi connectivity index (χ3v) is 10.8. The van der Waals surface area contributed by atoms with Crippen LogP contribution < -0.4 is 5.32 Å². The summed E-state index contributed by atoms with van der Waals surface area (Å²) in [5, 5.41) is 3.60. The molecule has 7 rings (SSSR count). The monoisotopic (exact) mass is 715 g/mol. The Bertz CT molecular complexity index is 1890. The van der Waals surface area contributed by atoms with Crippen LogP contribution in [-0.2, 0) is 9.53 Å². The smallest absolute Gasteiger partial charge is 0.410 e. The molecule has 53 heavy (non-hydrogen) atoms. The van der Waals surface area contributed by atoms with Crippen molar-refractivity contribution < 1.29 is 14.3 Å². The zero-order valence-electron chi connectivity index (χ0n) is 31.7. The largest absolute Gasteiger partial charge is 0.444 e. The SMILES string of the molecule is CCN(CC)C(C(=O)N1CCC[C@H]1c1ncc(-c2ccc(-c3ccc(C4CN=C([C@@H]5CCCN5C(=O)OC(C)(C)C)N4)cc3)cc2)[nH]1)c1ccccc1. The molecule has 4 heterocycles. The van der Waals surface area contributed by atoms with E-state index in [9.17, 15) is 9.59 Å². The van der Waals surface area contributed by atoms with E-state index in [1.807, 2.05) is 55.0 Å². The van der Waals surface area contributed by atoms with Gasteiger partial charge < -0.3 is 19.9 Å². The average molecular weight is 716 g/mol. The van der Waals surface area contributed by atoms with Crippen LogP contribution in [0.3, 0.4) is 0 Å². The Labute approximate surface area is 313 Å². The Hall–Kier alpha value is -4.96. The number of carbonyl (C=O) groups is 2. The van der Waals surface area contributed by atoms with E-state index >= 15 is 0 Å². The molecular formula is C43H53N7O3. The minimum Gasteiger partial charge on any atom is -0.444 e. The van der Waals surface area contributed by atoms with Crippen LogP contribution in [0.25, 0.3) is 22.4 Å². The number of hydrogen-bond donors (Lipinski definition) is 2. The van der Waals surface area contributed by atoms with E-state index in [2.05, 4.69) is 89.7 Å². The molecule has 10 heteroatoms. The fourth-order valence-corrected chi connectivity index (χ4v) is 8.05. The quantitative estimate of drug-likeness (QED) is 0.173. The maximum Gasteiger partial charge on any atom is 0.410 e. The highest BCUT2D eigenvalue weighted by molar-refractivity contribution is 5.92. The lowest BCUT2D eigenvalue weighted by Gasteiger charge is -2.34. The number of amides is 2. The number of ether oxygens (including phenoxy) is 1. The van der Waals surface area contributed by atoms with Gasteiger partial charge >= 0.3 is 6.09 Å². The molecule has 0 saturated carbocycles. The van der Waals surface area contributed by atoms with Crippen LogP contribution in [0.5, 0.6) is 0 Å². The molecule has 0 spiro atoms. The lowest BCUT2D eigenvalue weighted by Crippen LogP contribution is -2.46. The van der Waals surface area contributed by atoms with Gasteiger partial charge in [0.1, 0.15) is 23.3 Å². The maximum absolute atomic E-state index is 14.2. The summed E-state index contributed by atoms with van der Waals surface area (Å²) in [6.07, 6.45) is 5.30. The Balaban J connectivity index is 0.988. The van der Waals surface area contributed by atoms with E-state index in [1.165, 1.54) is 5.56 Å². The standard InChI is InChI=1S/C43H53N7O3/c1-6-48(7-2)38(33-13-9-8-10-14-33)41(51)49-25-11-15-36(49)39-44-27-34(46-39)31-21-17-29(18-22-31)30-19-23-32(24-20-30)35-28-45-40(47-35)37-16-12-26-50(37)42(52)53-43(3,4)5/h8-10,13-14,17-24,27,35-38H,6-7,11-12,15-16,25-26,28H2,1-5H3,(H,44,46)(H,45,47)/t35?,36-,37-,38?/m0/s1. The number of aromatic nitrogens is 2.